The molecule has 1 aliphatic heterocycles. The van der Waals surface area contributed by atoms with Crippen molar-refractivity contribution in [3.05, 3.63) is 23.8 Å². The van der Waals surface area contributed by atoms with E-state index in [0.29, 0.717) is 24.4 Å². The highest BCUT2D eigenvalue weighted by Crippen LogP contribution is 2.27. The Bertz CT molecular complexity index is 514. The van der Waals surface area contributed by atoms with Crippen molar-refractivity contribution >= 4 is 5.91 Å². The molecule has 0 aliphatic carbocycles. The Morgan fingerprint density at radius 3 is 2.60 bits per heavy atom. The van der Waals surface area contributed by atoms with E-state index < -0.39 is 0 Å². The van der Waals surface area contributed by atoms with Gasteiger partial charge < -0.3 is 14.7 Å². The lowest BCUT2D eigenvalue weighted by molar-refractivity contribution is 0.0311. The largest absolute Gasteiger partial charge is 0.504 e. The Balaban J connectivity index is 2.18. The second-order valence-corrected chi connectivity index (χ2v) is 5.85. The summed E-state index contributed by atoms with van der Waals surface area (Å²) in [5.41, 5.74) is 0.450. The highest BCUT2D eigenvalue weighted by atomic mass is 16.5. The van der Waals surface area contributed by atoms with E-state index in [-0.39, 0.29) is 17.2 Å². The Labute approximate surface area is 119 Å². The van der Waals surface area contributed by atoms with Crippen molar-refractivity contribution in [2.75, 3.05) is 33.8 Å². The summed E-state index contributed by atoms with van der Waals surface area (Å²) in [5.74, 6) is 0.316. The van der Waals surface area contributed by atoms with Gasteiger partial charge in [0.2, 0.25) is 0 Å². The summed E-state index contributed by atoms with van der Waals surface area (Å²) in [7, 11) is 3.56. The number of amides is 1. The fraction of sp³-hybridized carbons (Fsp3) is 0.533. The molecule has 110 valence electrons. The van der Waals surface area contributed by atoms with Crippen LogP contribution in [0.25, 0.3) is 0 Å². The number of methoxy groups -OCH3 is 1. The molecule has 1 aromatic rings. The SMILES string of the molecule is COc1ccc(C(=O)N2CCN(C)C(C)(C)C2)cc1O. The molecule has 0 atom stereocenters. The molecule has 5 nitrogen and oxygen atoms in total. The van der Waals surface area contributed by atoms with Crippen LogP contribution in [0, 0.1) is 0 Å². The molecule has 20 heavy (non-hydrogen) atoms. The molecule has 1 saturated heterocycles. The normalized spacial score (nSPS) is 18.9. The molecule has 1 aromatic carbocycles. The number of ether oxygens (including phenoxy) is 1. The van der Waals surface area contributed by atoms with Crippen molar-refractivity contribution in [1.29, 1.82) is 0 Å². The average Bonchev–Trinajstić information content (AvgIpc) is 2.41. The first-order valence-corrected chi connectivity index (χ1v) is 6.72. The number of piperazine rings is 1. The zero-order chi connectivity index (χ0) is 14.9. The summed E-state index contributed by atoms with van der Waals surface area (Å²) in [6, 6.07) is 4.77. The Kier molecular flexibility index (Phi) is 3.90. The van der Waals surface area contributed by atoms with E-state index in [1.165, 1.54) is 13.2 Å². The number of hydrogen-bond donors (Lipinski definition) is 1. The monoisotopic (exact) mass is 278 g/mol. The van der Waals surface area contributed by atoms with E-state index in [0.717, 1.165) is 6.54 Å². The molecule has 0 unspecified atom stereocenters. The van der Waals surface area contributed by atoms with E-state index in [4.69, 9.17) is 4.74 Å². The van der Waals surface area contributed by atoms with Gasteiger partial charge in [0.15, 0.2) is 11.5 Å². The number of aromatic hydroxyl groups is 1. The van der Waals surface area contributed by atoms with Gasteiger partial charge in [-0.3, -0.25) is 9.69 Å². The molecule has 1 aliphatic rings. The molecule has 1 amide bonds. The van der Waals surface area contributed by atoms with Gasteiger partial charge in [-0.1, -0.05) is 0 Å². The fourth-order valence-electron chi connectivity index (χ4n) is 2.42. The zero-order valence-electron chi connectivity index (χ0n) is 12.5. The predicted molar refractivity (Wildman–Crippen MR) is 77.3 cm³/mol. The van der Waals surface area contributed by atoms with Gasteiger partial charge in [0.1, 0.15) is 0 Å². The molecule has 1 heterocycles. The number of benzene rings is 1. The summed E-state index contributed by atoms with van der Waals surface area (Å²) >= 11 is 0. The maximum Gasteiger partial charge on any atom is 0.254 e. The molecule has 5 heteroatoms. The molecule has 1 N–H and O–H groups in total. The third-order valence-electron chi connectivity index (χ3n) is 4.03. The minimum absolute atomic E-state index is 0.00765. The average molecular weight is 278 g/mol. The number of carbonyl (C=O) groups excluding carboxylic acids is 1. The van der Waals surface area contributed by atoms with Crippen LogP contribution in [0.2, 0.25) is 0 Å². The highest BCUT2D eigenvalue weighted by molar-refractivity contribution is 5.95. The van der Waals surface area contributed by atoms with Crippen molar-refractivity contribution in [1.82, 2.24) is 9.80 Å². The van der Waals surface area contributed by atoms with E-state index in [1.807, 2.05) is 4.90 Å². The van der Waals surface area contributed by atoms with Crippen molar-refractivity contribution in [3.8, 4) is 11.5 Å². The van der Waals surface area contributed by atoms with Crippen molar-refractivity contribution in [2.45, 2.75) is 19.4 Å². The number of phenolic OH excluding ortho intramolecular Hbond substituents is 1. The molecule has 0 spiro atoms. The van der Waals surface area contributed by atoms with Crippen LogP contribution < -0.4 is 4.74 Å². The van der Waals surface area contributed by atoms with E-state index in [2.05, 4.69) is 25.8 Å². The van der Waals surface area contributed by atoms with Gasteiger partial charge in [-0.05, 0) is 39.1 Å². The van der Waals surface area contributed by atoms with Crippen molar-refractivity contribution in [2.24, 2.45) is 0 Å². The number of phenols is 1. The molecule has 0 radical (unpaired) electrons. The number of hydrogen-bond acceptors (Lipinski definition) is 4. The Morgan fingerprint density at radius 2 is 2.05 bits per heavy atom. The standard InChI is InChI=1S/C15H22N2O3/c1-15(2)10-17(8-7-16(15)3)14(19)11-5-6-13(20-4)12(18)9-11/h5-6,9,18H,7-8,10H2,1-4H3. The van der Waals surface area contributed by atoms with E-state index in [1.54, 1.807) is 12.1 Å². The first-order chi connectivity index (χ1) is 9.35. The van der Waals surface area contributed by atoms with Crippen LogP contribution in [-0.2, 0) is 0 Å². The minimum atomic E-state index is -0.0517. The van der Waals surface area contributed by atoms with Gasteiger partial charge >= 0.3 is 0 Å². The fourth-order valence-corrected chi connectivity index (χ4v) is 2.42. The van der Waals surface area contributed by atoms with Crippen LogP contribution in [0.1, 0.15) is 24.2 Å². The van der Waals surface area contributed by atoms with Gasteiger partial charge in [-0.25, -0.2) is 0 Å². The van der Waals surface area contributed by atoms with Crippen LogP contribution in [0.15, 0.2) is 18.2 Å². The van der Waals surface area contributed by atoms with Gasteiger partial charge in [0, 0.05) is 30.7 Å². The van der Waals surface area contributed by atoms with Crippen LogP contribution in [0.4, 0.5) is 0 Å². The maximum atomic E-state index is 12.5. The number of carbonyl (C=O) groups is 1. The van der Waals surface area contributed by atoms with Gasteiger partial charge in [0.05, 0.1) is 7.11 Å². The molecule has 0 saturated carbocycles. The third kappa shape index (κ3) is 2.72. The van der Waals surface area contributed by atoms with Gasteiger partial charge in [-0.15, -0.1) is 0 Å². The summed E-state index contributed by atoms with van der Waals surface area (Å²) in [4.78, 5) is 16.6. The second-order valence-electron chi connectivity index (χ2n) is 5.85. The molecular weight excluding hydrogens is 256 g/mol. The maximum absolute atomic E-state index is 12.5. The lowest BCUT2D eigenvalue weighted by atomic mass is 9.99. The Morgan fingerprint density at radius 1 is 1.35 bits per heavy atom. The van der Waals surface area contributed by atoms with E-state index >= 15 is 0 Å². The predicted octanol–water partition coefficient (Wildman–Crippen LogP) is 1.57. The summed E-state index contributed by atoms with van der Waals surface area (Å²) < 4.78 is 4.99. The number of likely N-dealkylation sites (N-methyl/N-ethyl adjacent to an activating group) is 1. The molecule has 2 rings (SSSR count). The molecular formula is C15H22N2O3. The third-order valence-corrected chi connectivity index (χ3v) is 4.03. The molecule has 0 aromatic heterocycles. The summed E-state index contributed by atoms with van der Waals surface area (Å²) in [6.07, 6.45) is 0. The Hall–Kier alpha value is -1.75. The number of rotatable bonds is 2. The lowest BCUT2D eigenvalue weighted by Gasteiger charge is -2.45. The van der Waals surface area contributed by atoms with Crippen molar-refractivity contribution < 1.29 is 14.6 Å². The lowest BCUT2D eigenvalue weighted by Crippen LogP contribution is -2.58. The van der Waals surface area contributed by atoms with E-state index in [9.17, 15) is 9.90 Å². The zero-order valence-corrected chi connectivity index (χ0v) is 12.5. The number of nitrogens with zero attached hydrogens (tertiary/aromatic N) is 2. The van der Waals surface area contributed by atoms with Crippen LogP contribution in [-0.4, -0.2) is 60.1 Å². The second kappa shape index (κ2) is 5.32. The molecule has 0 bridgehead atoms. The van der Waals surface area contributed by atoms with Crippen LogP contribution >= 0.6 is 0 Å². The van der Waals surface area contributed by atoms with Crippen LogP contribution in [0.5, 0.6) is 11.5 Å². The minimum Gasteiger partial charge on any atom is -0.504 e. The molecule has 1 fully saturated rings. The quantitative estimate of drug-likeness (QED) is 0.892. The smallest absolute Gasteiger partial charge is 0.254 e. The van der Waals surface area contributed by atoms with Crippen LogP contribution in [0.3, 0.4) is 0 Å². The summed E-state index contributed by atoms with van der Waals surface area (Å²) in [6.45, 7) is 6.47. The van der Waals surface area contributed by atoms with Gasteiger partial charge in [-0.2, -0.15) is 0 Å². The van der Waals surface area contributed by atoms with Gasteiger partial charge in [0.25, 0.3) is 5.91 Å². The summed E-state index contributed by atoms with van der Waals surface area (Å²) in [5, 5.41) is 9.78. The van der Waals surface area contributed by atoms with Crippen molar-refractivity contribution in [3.63, 3.8) is 0 Å². The highest BCUT2D eigenvalue weighted by Gasteiger charge is 2.33. The topological polar surface area (TPSA) is 53.0 Å². The first kappa shape index (κ1) is 14.7. The first-order valence-electron chi connectivity index (χ1n) is 6.72.